The van der Waals surface area contributed by atoms with Crippen LogP contribution in [0.2, 0.25) is 0 Å². The Balaban J connectivity index is 1.76. The molecule has 1 atom stereocenters. The van der Waals surface area contributed by atoms with Gasteiger partial charge >= 0.3 is 5.97 Å². The highest BCUT2D eigenvalue weighted by molar-refractivity contribution is 5.94. The summed E-state index contributed by atoms with van der Waals surface area (Å²) in [5.74, 6) is -0.770. The van der Waals surface area contributed by atoms with Gasteiger partial charge in [0.1, 0.15) is 0 Å². The van der Waals surface area contributed by atoms with Gasteiger partial charge in [-0.2, -0.15) is 0 Å². The average molecular weight is 324 g/mol. The van der Waals surface area contributed by atoms with Gasteiger partial charge in [0.2, 0.25) is 0 Å². The minimum atomic E-state index is -0.925. The summed E-state index contributed by atoms with van der Waals surface area (Å²) in [6, 6.07) is 10.7. The van der Waals surface area contributed by atoms with Gasteiger partial charge in [0.15, 0.2) is 0 Å². The van der Waals surface area contributed by atoms with Gasteiger partial charge in [0.25, 0.3) is 5.91 Å². The van der Waals surface area contributed by atoms with E-state index in [0.717, 1.165) is 30.6 Å². The lowest BCUT2D eigenvalue weighted by Crippen LogP contribution is -2.39. The molecular formula is C19H20N2O3. The van der Waals surface area contributed by atoms with Crippen LogP contribution in [0, 0.1) is 6.92 Å². The van der Waals surface area contributed by atoms with Crippen molar-refractivity contribution in [1.82, 2.24) is 9.88 Å². The molecule has 0 spiro atoms. The standard InChI is InChI=1S/C19H20N2O3/c1-13-7-8-16(11-20-13)18(22)21-9-3-6-17(12-21)14-4-2-5-15(10-14)19(23)24/h2,4-5,7-8,10-11,17H,3,6,9,12H2,1H3,(H,23,24)/t17-/m0/s1. The fraction of sp³-hybridized carbons (Fsp3) is 0.316. The molecule has 1 saturated heterocycles. The highest BCUT2D eigenvalue weighted by Gasteiger charge is 2.26. The van der Waals surface area contributed by atoms with E-state index in [9.17, 15) is 9.59 Å². The highest BCUT2D eigenvalue weighted by Crippen LogP contribution is 2.28. The number of hydrogen-bond donors (Lipinski definition) is 1. The minimum absolute atomic E-state index is 0.0124. The third-order valence-electron chi connectivity index (χ3n) is 4.47. The molecule has 0 radical (unpaired) electrons. The first-order chi connectivity index (χ1) is 11.5. The van der Waals surface area contributed by atoms with Crippen LogP contribution in [0.4, 0.5) is 0 Å². The van der Waals surface area contributed by atoms with Crippen LogP contribution in [-0.4, -0.2) is 40.0 Å². The Labute approximate surface area is 140 Å². The van der Waals surface area contributed by atoms with E-state index in [2.05, 4.69) is 4.98 Å². The number of nitrogens with zero attached hydrogens (tertiary/aromatic N) is 2. The van der Waals surface area contributed by atoms with Gasteiger partial charge in [0, 0.05) is 30.9 Å². The maximum atomic E-state index is 12.7. The Hall–Kier alpha value is -2.69. The number of benzene rings is 1. The molecule has 124 valence electrons. The van der Waals surface area contributed by atoms with Crippen molar-refractivity contribution in [2.75, 3.05) is 13.1 Å². The zero-order chi connectivity index (χ0) is 17.1. The number of carboxylic acid groups (broad SMARTS) is 1. The smallest absolute Gasteiger partial charge is 0.335 e. The highest BCUT2D eigenvalue weighted by atomic mass is 16.4. The molecule has 1 aliphatic heterocycles. The van der Waals surface area contributed by atoms with Crippen LogP contribution in [0.5, 0.6) is 0 Å². The second-order valence-corrected chi connectivity index (χ2v) is 6.21. The van der Waals surface area contributed by atoms with Crippen molar-refractivity contribution in [2.24, 2.45) is 0 Å². The largest absolute Gasteiger partial charge is 0.478 e. The molecule has 1 aromatic heterocycles. The molecule has 2 heterocycles. The normalized spacial score (nSPS) is 17.5. The first kappa shape index (κ1) is 16.2. The summed E-state index contributed by atoms with van der Waals surface area (Å²) in [4.78, 5) is 29.8. The van der Waals surface area contributed by atoms with E-state index in [0.29, 0.717) is 17.7 Å². The summed E-state index contributed by atoms with van der Waals surface area (Å²) in [5.41, 5.74) is 2.75. The number of piperidine rings is 1. The molecule has 1 fully saturated rings. The minimum Gasteiger partial charge on any atom is -0.478 e. The first-order valence-corrected chi connectivity index (χ1v) is 8.10. The van der Waals surface area contributed by atoms with E-state index in [1.807, 2.05) is 24.0 Å². The fourth-order valence-corrected chi connectivity index (χ4v) is 3.14. The van der Waals surface area contributed by atoms with E-state index in [-0.39, 0.29) is 11.8 Å². The van der Waals surface area contributed by atoms with E-state index in [4.69, 9.17) is 5.11 Å². The van der Waals surface area contributed by atoms with Crippen LogP contribution in [-0.2, 0) is 0 Å². The number of aromatic carboxylic acids is 1. The Kier molecular flexibility index (Phi) is 4.60. The molecule has 1 aliphatic rings. The van der Waals surface area contributed by atoms with E-state index in [1.165, 1.54) is 0 Å². The van der Waals surface area contributed by atoms with Crippen molar-refractivity contribution in [3.8, 4) is 0 Å². The van der Waals surface area contributed by atoms with Gasteiger partial charge in [-0.3, -0.25) is 9.78 Å². The Morgan fingerprint density at radius 2 is 2.04 bits per heavy atom. The van der Waals surface area contributed by atoms with Crippen molar-refractivity contribution < 1.29 is 14.7 Å². The van der Waals surface area contributed by atoms with Gasteiger partial charge in [-0.05, 0) is 49.6 Å². The Morgan fingerprint density at radius 3 is 2.75 bits per heavy atom. The molecule has 0 bridgehead atoms. The third-order valence-corrected chi connectivity index (χ3v) is 4.47. The number of likely N-dealkylation sites (tertiary alicyclic amines) is 1. The van der Waals surface area contributed by atoms with Gasteiger partial charge in [-0.1, -0.05) is 12.1 Å². The summed E-state index contributed by atoms with van der Waals surface area (Å²) in [7, 11) is 0. The predicted octanol–water partition coefficient (Wildman–Crippen LogP) is 3.11. The fourth-order valence-electron chi connectivity index (χ4n) is 3.14. The van der Waals surface area contributed by atoms with E-state index < -0.39 is 5.97 Å². The number of carbonyl (C=O) groups excluding carboxylic acids is 1. The van der Waals surface area contributed by atoms with Gasteiger partial charge < -0.3 is 10.0 Å². The summed E-state index contributed by atoms with van der Waals surface area (Å²) in [6.45, 7) is 3.22. The summed E-state index contributed by atoms with van der Waals surface area (Å²) in [6.07, 6.45) is 3.48. The number of rotatable bonds is 3. The van der Waals surface area contributed by atoms with Crippen LogP contribution in [0.1, 0.15) is 50.7 Å². The lowest BCUT2D eigenvalue weighted by atomic mass is 9.89. The molecule has 1 amide bonds. The number of pyridine rings is 1. The second kappa shape index (κ2) is 6.83. The van der Waals surface area contributed by atoms with E-state index in [1.54, 1.807) is 30.5 Å². The Morgan fingerprint density at radius 1 is 1.21 bits per heavy atom. The van der Waals surface area contributed by atoms with Crippen LogP contribution in [0.25, 0.3) is 0 Å². The third kappa shape index (κ3) is 3.45. The molecule has 3 rings (SSSR count). The number of aromatic nitrogens is 1. The van der Waals surface area contributed by atoms with Crippen LogP contribution in [0.3, 0.4) is 0 Å². The van der Waals surface area contributed by atoms with Gasteiger partial charge in [-0.15, -0.1) is 0 Å². The zero-order valence-electron chi connectivity index (χ0n) is 13.6. The molecule has 0 saturated carbocycles. The van der Waals surface area contributed by atoms with Crippen LogP contribution in [0.15, 0.2) is 42.6 Å². The molecule has 0 aliphatic carbocycles. The number of hydrogen-bond acceptors (Lipinski definition) is 3. The SMILES string of the molecule is Cc1ccc(C(=O)N2CCC[C@H](c3cccc(C(=O)O)c3)C2)cn1. The number of carboxylic acids is 1. The molecule has 1 aromatic carbocycles. The number of aryl methyl sites for hydroxylation is 1. The maximum Gasteiger partial charge on any atom is 0.335 e. The topological polar surface area (TPSA) is 70.5 Å². The van der Waals surface area contributed by atoms with Gasteiger partial charge in [-0.25, -0.2) is 4.79 Å². The number of carbonyl (C=O) groups is 2. The predicted molar refractivity (Wildman–Crippen MR) is 90.3 cm³/mol. The molecule has 0 unspecified atom stereocenters. The summed E-state index contributed by atoms with van der Waals surface area (Å²) < 4.78 is 0. The average Bonchev–Trinajstić information content (AvgIpc) is 2.62. The zero-order valence-corrected chi connectivity index (χ0v) is 13.6. The lowest BCUT2D eigenvalue weighted by Gasteiger charge is -2.33. The maximum absolute atomic E-state index is 12.7. The van der Waals surface area contributed by atoms with Crippen molar-refractivity contribution in [1.29, 1.82) is 0 Å². The first-order valence-electron chi connectivity index (χ1n) is 8.10. The quantitative estimate of drug-likeness (QED) is 0.942. The molecule has 1 N–H and O–H groups in total. The monoisotopic (exact) mass is 324 g/mol. The second-order valence-electron chi connectivity index (χ2n) is 6.21. The van der Waals surface area contributed by atoms with E-state index >= 15 is 0 Å². The van der Waals surface area contributed by atoms with Gasteiger partial charge in [0.05, 0.1) is 11.1 Å². The molecule has 5 heteroatoms. The van der Waals surface area contributed by atoms with Crippen molar-refractivity contribution in [3.05, 3.63) is 65.0 Å². The summed E-state index contributed by atoms with van der Waals surface area (Å²) >= 11 is 0. The van der Waals surface area contributed by atoms with Crippen molar-refractivity contribution >= 4 is 11.9 Å². The molecule has 24 heavy (non-hydrogen) atoms. The van der Waals surface area contributed by atoms with Crippen LogP contribution < -0.4 is 0 Å². The Bertz CT molecular complexity index is 755. The molecule has 2 aromatic rings. The lowest BCUT2D eigenvalue weighted by molar-refractivity contribution is 0.0687. The molecular weight excluding hydrogens is 304 g/mol. The van der Waals surface area contributed by atoms with Crippen molar-refractivity contribution in [3.63, 3.8) is 0 Å². The van der Waals surface area contributed by atoms with Crippen molar-refractivity contribution in [2.45, 2.75) is 25.7 Å². The number of amides is 1. The van der Waals surface area contributed by atoms with Crippen LogP contribution >= 0.6 is 0 Å². The summed E-state index contributed by atoms with van der Waals surface area (Å²) in [5, 5.41) is 9.15. The molecule has 5 nitrogen and oxygen atoms in total.